The first-order chi connectivity index (χ1) is 16.9. The second kappa shape index (κ2) is 8.87. The average Bonchev–Trinajstić information content (AvgIpc) is 2.90. The number of fused-ring (bicyclic) bond motifs is 1. The number of rotatable bonds is 4. The number of aromatic nitrogens is 3. The molecule has 1 N–H and O–H groups in total. The predicted molar refractivity (Wildman–Crippen MR) is 137 cm³/mol. The molecule has 0 aliphatic heterocycles. The van der Waals surface area contributed by atoms with Gasteiger partial charge in [0.15, 0.2) is 0 Å². The maximum absolute atomic E-state index is 13.3. The molecule has 0 radical (unpaired) electrons. The Bertz CT molecular complexity index is 1680. The monoisotopic (exact) mass is 462 g/mol. The highest BCUT2D eigenvalue weighted by atomic mass is 16.2. The largest absolute Gasteiger partial charge is 0.332 e. The Labute approximate surface area is 200 Å². The molecule has 2 heterocycles. The van der Waals surface area contributed by atoms with Crippen LogP contribution in [0.25, 0.3) is 33.3 Å². The number of hydrogen-bond donors (Lipinski definition) is 1. The lowest BCUT2D eigenvalue weighted by atomic mass is 10.0. The Balaban J connectivity index is 1.56. The van der Waals surface area contributed by atoms with Gasteiger partial charge in [-0.15, -0.1) is 0 Å². The highest BCUT2D eigenvalue weighted by Crippen LogP contribution is 2.28. The first-order valence-electron chi connectivity index (χ1n) is 11.1. The molecule has 7 heteroatoms. The normalized spacial score (nSPS) is 10.9. The van der Waals surface area contributed by atoms with Gasteiger partial charge in [0.1, 0.15) is 5.82 Å². The van der Waals surface area contributed by atoms with Crippen molar-refractivity contribution >= 4 is 22.6 Å². The minimum absolute atomic E-state index is 0.123. The third kappa shape index (κ3) is 4.15. The van der Waals surface area contributed by atoms with Gasteiger partial charge in [-0.05, 0) is 23.3 Å². The van der Waals surface area contributed by atoms with Gasteiger partial charge in [-0.3, -0.25) is 18.7 Å². The van der Waals surface area contributed by atoms with Gasteiger partial charge in [0.25, 0.3) is 11.5 Å². The zero-order valence-corrected chi connectivity index (χ0v) is 19.2. The van der Waals surface area contributed by atoms with Crippen molar-refractivity contribution in [3.8, 4) is 22.4 Å². The summed E-state index contributed by atoms with van der Waals surface area (Å²) in [6.45, 7) is 0. The fourth-order valence-electron chi connectivity index (χ4n) is 4.01. The third-order valence-electron chi connectivity index (χ3n) is 6.02. The molecule has 5 rings (SSSR count). The fraction of sp³-hybridized carbons (Fsp3) is 0.0714. The highest BCUT2D eigenvalue weighted by molar-refractivity contribution is 6.12. The number of hydrogen-bond acceptors (Lipinski definition) is 4. The van der Waals surface area contributed by atoms with Gasteiger partial charge >= 0.3 is 5.69 Å². The Morgan fingerprint density at radius 1 is 0.743 bits per heavy atom. The first kappa shape index (κ1) is 22.0. The van der Waals surface area contributed by atoms with E-state index in [1.807, 2.05) is 66.7 Å². The second-order valence-electron chi connectivity index (χ2n) is 8.24. The molecule has 0 unspecified atom stereocenters. The maximum Gasteiger partial charge on any atom is 0.332 e. The van der Waals surface area contributed by atoms with E-state index in [1.165, 1.54) is 24.7 Å². The van der Waals surface area contributed by atoms with Crippen LogP contribution in [-0.4, -0.2) is 20.0 Å². The van der Waals surface area contributed by atoms with Crippen LogP contribution in [-0.2, 0) is 14.1 Å². The second-order valence-corrected chi connectivity index (χ2v) is 8.24. The summed E-state index contributed by atoms with van der Waals surface area (Å²) >= 11 is 0. The van der Waals surface area contributed by atoms with E-state index >= 15 is 0 Å². The summed E-state index contributed by atoms with van der Waals surface area (Å²) in [6.07, 6.45) is 0. The van der Waals surface area contributed by atoms with Crippen molar-refractivity contribution in [2.75, 3.05) is 5.32 Å². The van der Waals surface area contributed by atoms with Crippen molar-refractivity contribution < 1.29 is 4.79 Å². The van der Waals surface area contributed by atoms with Crippen LogP contribution < -0.4 is 16.6 Å². The Kier molecular flexibility index (Phi) is 5.58. The van der Waals surface area contributed by atoms with Crippen LogP contribution in [0.1, 0.15) is 10.4 Å². The van der Waals surface area contributed by atoms with Gasteiger partial charge in [0, 0.05) is 31.1 Å². The summed E-state index contributed by atoms with van der Waals surface area (Å²) in [4.78, 5) is 42.5. The smallest absolute Gasteiger partial charge is 0.308 e. The molecule has 7 nitrogen and oxygen atoms in total. The lowest BCUT2D eigenvalue weighted by Gasteiger charge is -2.13. The van der Waals surface area contributed by atoms with Crippen LogP contribution in [0.4, 0.5) is 5.82 Å². The average molecular weight is 463 g/mol. The number of pyridine rings is 1. The summed E-state index contributed by atoms with van der Waals surface area (Å²) < 4.78 is 2.21. The zero-order valence-electron chi connectivity index (χ0n) is 19.2. The molecule has 0 bridgehead atoms. The number of nitrogens with zero attached hydrogens (tertiary/aromatic N) is 3. The molecule has 5 aromatic rings. The van der Waals surface area contributed by atoms with Crippen LogP contribution >= 0.6 is 0 Å². The predicted octanol–water partition coefficient (Wildman–Crippen LogP) is 4.22. The van der Waals surface area contributed by atoms with Crippen molar-refractivity contribution in [2.45, 2.75) is 0 Å². The molecule has 0 atom stereocenters. The molecule has 2 aromatic heterocycles. The van der Waals surface area contributed by atoms with E-state index in [0.717, 1.165) is 21.3 Å². The summed E-state index contributed by atoms with van der Waals surface area (Å²) in [5, 5.41) is 3.39. The van der Waals surface area contributed by atoms with E-state index in [9.17, 15) is 14.4 Å². The molecule has 0 saturated heterocycles. The van der Waals surface area contributed by atoms with E-state index in [1.54, 1.807) is 6.07 Å². The van der Waals surface area contributed by atoms with Gasteiger partial charge in [-0.2, -0.15) is 0 Å². The summed E-state index contributed by atoms with van der Waals surface area (Å²) in [6, 6.07) is 28.4. The molecular weight excluding hydrogens is 440 g/mol. The van der Waals surface area contributed by atoms with Gasteiger partial charge in [0.2, 0.25) is 0 Å². The minimum atomic E-state index is -0.522. The molecule has 0 fully saturated rings. The fourth-order valence-corrected chi connectivity index (χ4v) is 4.01. The number of nitrogens with one attached hydrogen (secondary N) is 1. The van der Waals surface area contributed by atoms with Gasteiger partial charge in [0.05, 0.1) is 16.8 Å². The molecule has 0 saturated carbocycles. The van der Waals surface area contributed by atoms with E-state index in [2.05, 4.69) is 17.4 Å². The van der Waals surface area contributed by atoms with Crippen LogP contribution in [0.2, 0.25) is 0 Å². The Hall–Kier alpha value is -4.78. The van der Waals surface area contributed by atoms with Crippen LogP contribution in [0.3, 0.4) is 0 Å². The molecule has 35 heavy (non-hydrogen) atoms. The van der Waals surface area contributed by atoms with Crippen LogP contribution in [0.5, 0.6) is 0 Å². The molecule has 172 valence electrons. The van der Waals surface area contributed by atoms with Crippen molar-refractivity contribution in [3.05, 3.63) is 117 Å². The molecule has 3 aromatic carbocycles. The van der Waals surface area contributed by atoms with Crippen molar-refractivity contribution in [1.29, 1.82) is 0 Å². The lowest BCUT2D eigenvalue weighted by molar-refractivity contribution is 0.102. The number of carbonyl (C=O) groups is 1. The van der Waals surface area contributed by atoms with E-state index in [0.29, 0.717) is 22.2 Å². The quantitative estimate of drug-likeness (QED) is 0.433. The number of carbonyl (C=O) groups excluding carboxylic acids is 1. The van der Waals surface area contributed by atoms with E-state index in [-0.39, 0.29) is 5.82 Å². The van der Waals surface area contributed by atoms with Crippen LogP contribution in [0.15, 0.2) is 101 Å². The molecule has 0 aliphatic carbocycles. The molecule has 0 aliphatic rings. The van der Waals surface area contributed by atoms with Crippen molar-refractivity contribution in [3.63, 3.8) is 0 Å². The SMILES string of the molecule is Cn1c(NC(=O)c2cc(-c3ccc(-c4ccccc4)cc3)nc3ccccc23)cc(=O)n(C)c1=O. The third-order valence-corrected chi connectivity index (χ3v) is 6.02. The lowest BCUT2D eigenvalue weighted by Crippen LogP contribution is -2.38. The zero-order chi connectivity index (χ0) is 24.5. The molecular formula is C28H22N4O3. The summed E-state index contributed by atoms with van der Waals surface area (Å²) in [5.41, 5.74) is 3.75. The van der Waals surface area contributed by atoms with Crippen molar-refractivity contribution in [1.82, 2.24) is 14.1 Å². The van der Waals surface area contributed by atoms with Crippen molar-refractivity contribution in [2.24, 2.45) is 14.1 Å². The van der Waals surface area contributed by atoms with Gasteiger partial charge in [-0.25, -0.2) is 9.78 Å². The minimum Gasteiger partial charge on any atom is -0.308 e. The maximum atomic E-state index is 13.3. The van der Waals surface area contributed by atoms with Gasteiger partial charge in [-0.1, -0.05) is 72.8 Å². The Morgan fingerprint density at radius 3 is 2.11 bits per heavy atom. The number of amides is 1. The standard InChI is InChI=1S/C28H22N4O3/c1-31-25(17-26(33)32(2)28(31)35)30-27(34)22-16-24(29-23-11-7-6-10-21(22)23)20-14-12-19(13-15-20)18-8-4-3-5-9-18/h3-17H,1-2H3,(H,30,34). The number of para-hydroxylation sites is 1. The molecule has 0 spiro atoms. The number of benzene rings is 3. The first-order valence-corrected chi connectivity index (χ1v) is 11.1. The highest BCUT2D eigenvalue weighted by Gasteiger charge is 2.16. The van der Waals surface area contributed by atoms with E-state index in [4.69, 9.17) is 4.98 Å². The van der Waals surface area contributed by atoms with E-state index < -0.39 is 17.2 Å². The Morgan fingerprint density at radius 2 is 1.37 bits per heavy atom. The summed E-state index contributed by atoms with van der Waals surface area (Å²) in [7, 11) is 2.89. The summed E-state index contributed by atoms with van der Waals surface area (Å²) in [5.74, 6) is -0.313. The van der Waals surface area contributed by atoms with Crippen LogP contribution in [0, 0.1) is 0 Å². The van der Waals surface area contributed by atoms with Gasteiger partial charge < -0.3 is 5.32 Å². The molecule has 1 amide bonds. The number of anilines is 1. The topological polar surface area (TPSA) is 86.0 Å².